The van der Waals surface area contributed by atoms with Crippen LogP contribution in [0.25, 0.3) is 22.4 Å². The Morgan fingerprint density at radius 1 is 0.939 bits per heavy atom. The van der Waals surface area contributed by atoms with Gasteiger partial charge in [0.2, 0.25) is 5.91 Å². The number of aromatic nitrogens is 3. The minimum atomic E-state index is -0.525. The number of hydrogen-bond donors (Lipinski definition) is 0. The fourth-order valence-corrected chi connectivity index (χ4v) is 4.35. The standard InChI is InChI=1S/C25H24N4O4/c30-23-11-10-20(19-6-2-1-3-7-19)26-29(23)16-18-12-14-27(15-13-18)24(31)17-28-21-8-4-5-9-22(21)33-25(28)32/h1-11,18H,12-17H2. The predicted molar refractivity (Wildman–Crippen MR) is 124 cm³/mol. The smallest absolute Gasteiger partial charge is 0.408 e. The molecule has 0 saturated carbocycles. The molecule has 0 N–H and O–H groups in total. The van der Waals surface area contributed by atoms with Crippen LogP contribution in [-0.2, 0) is 17.9 Å². The lowest BCUT2D eigenvalue weighted by Crippen LogP contribution is -2.42. The number of hydrogen-bond acceptors (Lipinski definition) is 5. The third-order valence-electron chi connectivity index (χ3n) is 6.20. The Morgan fingerprint density at radius 2 is 1.67 bits per heavy atom. The third kappa shape index (κ3) is 4.37. The van der Waals surface area contributed by atoms with Crippen LogP contribution in [0.3, 0.4) is 0 Å². The van der Waals surface area contributed by atoms with Crippen molar-refractivity contribution in [2.75, 3.05) is 13.1 Å². The maximum atomic E-state index is 12.8. The minimum absolute atomic E-state index is 0.0410. The van der Waals surface area contributed by atoms with Crippen LogP contribution in [0, 0.1) is 5.92 Å². The molecule has 0 radical (unpaired) electrons. The van der Waals surface area contributed by atoms with Crippen molar-refractivity contribution in [1.29, 1.82) is 0 Å². The van der Waals surface area contributed by atoms with Crippen molar-refractivity contribution in [3.05, 3.63) is 87.6 Å². The zero-order chi connectivity index (χ0) is 22.8. The molecular formula is C25H24N4O4. The van der Waals surface area contributed by atoms with E-state index in [1.54, 1.807) is 35.2 Å². The number of amides is 1. The summed E-state index contributed by atoms with van der Waals surface area (Å²) in [5.74, 6) is -0.380. The van der Waals surface area contributed by atoms with Crippen LogP contribution in [-0.4, -0.2) is 38.2 Å². The fourth-order valence-electron chi connectivity index (χ4n) is 4.35. The van der Waals surface area contributed by atoms with Gasteiger partial charge in [0.25, 0.3) is 5.56 Å². The van der Waals surface area contributed by atoms with Crippen molar-refractivity contribution >= 4 is 17.0 Å². The second-order valence-electron chi connectivity index (χ2n) is 8.35. The Bertz CT molecular complexity index is 1400. The molecule has 1 fully saturated rings. The van der Waals surface area contributed by atoms with Crippen LogP contribution in [0.15, 0.2) is 80.7 Å². The first-order valence-electron chi connectivity index (χ1n) is 11.1. The molecule has 33 heavy (non-hydrogen) atoms. The summed E-state index contributed by atoms with van der Waals surface area (Å²) in [4.78, 5) is 39.1. The van der Waals surface area contributed by atoms with Gasteiger partial charge in [-0.1, -0.05) is 42.5 Å². The lowest BCUT2D eigenvalue weighted by Gasteiger charge is -2.32. The van der Waals surface area contributed by atoms with Gasteiger partial charge in [-0.15, -0.1) is 0 Å². The van der Waals surface area contributed by atoms with Crippen molar-refractivity contribution in [1.82, 2.24) is 19.2 Å². The van der Waals surface area contributed by atoms with E-state index in [2.05, 4.69) is 5.10 Å². The molecule has 0 aliphatic carbocycles. The van der Waals surface area contributed by atoms with Gasteiger partial charge in [0, 0.05) is 31.3 Å². The topological polar surface area (TPSA) is 90.3 Å². The molecule has 1 aliphatic rings. The molecule has 0 spiro atoms. The minimum Gasteiger partial charge on any atom is -0.408 e. The number of oxazole rings is 1. The zero-order valence-corrected chi connectivity index (χ0v) is 18.1. The highest BCUT2D eigenvalue weighted by Gasteiger charge is 2.25. The molecule has 3 heterocycles. The number of likely N-dealkylation sites (tertiary alicyclic amines) is 1. The van der Waals surface area contributed by atoms with E-state index in [1.807, 2.05) is 36.4 Å². The quantitative estimate of drug-likeness (QED) is 0.472. The van der Waals surface area contributed by atoms with E-state index in [0.29, 0.717) is 30.7 Å². The summed E-state index contributed by atoms with van der Waals surface area (Å²) in [5.41, 5.74) is 2.70. The summed E-state index contributed by atoms with van der Waals surface area (Å²) in [6, 6.07) is 20.2. The van der Waals surface area contributed by atoms with Crippen LogP contribution in [0.4, 0.5) is 0 Å². The average Bonchev–Trinajstić information content (AvgIpc) is 3.16. The van der Waals surface area contributed by atoms with Gasteiger partial charge in [0.05, 0.1) is 11.2 Å². The lowest BCUT2D eigenvalue weighted by atomic mass is 9.96. The van der Waals surface area contributed by atoms with Crippen LogP contribution in [0.2, 0.25) is 0 Å². The summed E-state index contributed by atoms with van der Waals surface area (Å²) in [5, 5.41) is 4.55. The van der Waals surface area contributed by atoms with Crippen LogP contribution >= 0.6 is 0 Å². The third-order valence-corrected chi connectivity index (χ3v) is 6.20. The first-order valence-corrected chi connectivity index (χ1v) is 11.1. The molecule has 0 atom stereocenters. The SMILES string of the molecule is O=C(Cn1c(=O)oc2ccccc21)N1CCC(Cn2nc(-c3ccccc3)ccc2=O)CC1. The summed E-state index contributed by atoms with van der Waals surface area (Å²) >= 11 is 0. The lowest BCUT2D eigenvalue weighted by molar-refractivity contribution is -0.133. The van der Waals surface area contributed by atoms with E-state index in [0.717, 1.165) is 24.1 Å². The molecule has 0 unspecified atom stereocenters. The molecule has 1 aliphatic heterocycles. The summed E-state index contributed by atoms with van der Waals surface area (Å²) in [7, 11) is 0. The van der Waals surface area contributed by atoms with Gasteiger partial charge < -0.3 is 9.32 Å². The predicted octanol–water partition coefficient (Wildman–Crippen LogP) is 2.76. The Kier molecular flexibility index (Phi) is 5.64. The Hall–Kier alpha value is -3.94. The number of rotatable bonds is 5. The summed E-state index contributed by atoms with van der Waals surface area (Å²) in [6.07, 6.45) is 1.55. The summed E-state index contributed by atoms with van der Waals surface area (Å²) in [6.45, 7) is 1.65. The molecule has 168 valence electrons. The summed E-state index contributed by atoms with van der Waals surface area (Å²) < 4.78 is 8.13. The molecule has 2 aromatic carbocycles. The van der Waals surface area contributed by atoms with E-state index in [1.165, 1.54) is 9.25 Å². The maximum absolute atomic E-state index is 12.8. The van der Waals surface area contributed by atoms with Crippen LogP contribution in [0.1, 0.15) is 12.8 Å². The average molecular weight is 444 g/mol. The monoisotopic (exact) mass is 444 g/mol. The molecule has 0 bridgehead atoms. The van der Waals surface area contributed by atoms with Gasteiger partial charge in [-0.25, -0.2) is 9.48 Å². The first kappa shape index (κ1) is 20.9. The van der Waals surface area contributed by atoms with Gasteiger partial charge in [-0.2, -0.15) is 5.10 Å². The largest absolute Gasteiger partial charge is 0.420 e. The van der Waals surface area contributed by atoms with Crippen molar-refractivity contribution in [3.8, 4) is 11.3 Å². The highest BCUT2D eigenvalue weighted by molar-refractivity contribution is 5.79. The zero-order valence-electron chi connectivity index (χ0n) is 18.1. The molecule has 2 aromatic heterocycles. The fraction of sp³-hybridized carbons (Fsp3) is 0.280. The van der Waals surface area contributed by atoms with Gasteiger partial charge in [0.1, 0.15) is 6.54 Å². The number of para-hydroxylation sites is 2. The van der Waals surface area contributed by atoms with Gasteiger partial charge >= 0.3 is 5.76 Å². The molecular weight excluding hydrogens is 420 g/mol. The van der Waals surface area contributed by atoms with Gasteiger partial charge in [-0.05, 0) is 37.0 Å². The number of piperidine rings is 1. The van der Waals surface area contributed by atoms with Crippen molar-refractivity contribution in [3.63, 3.8) is 0 Å². The molecule has 1 amide bonds. The first-order chi connectivity index (χ1) is 16.1. The molecule has 4 aromatic rings. The molecule has 5 rings (SSSR count). The number of fused-ring (bicyclic) bond motifs is 1. The maximum Gasteiger partial charge on any atom is 0.420 e. The van der Waals surface area contributed by atoms with Crippen molar-refractivity contribution in [2.45, 2.75) is 25.9 Å². The second kappa shape index (κ2) is 8.90. The molecule has 8 heteroatoms. The number of carbonyl (C=O) groups is 1. The Morgan fingerprint density at radius 3 is 2.45 bits per heavy atom. The van der Waals surface area contributed by atoms with Gasteiger partial charge in [-0.3, -0.25) is 14.2 Å². The molecule has 8 nitrogen and oxygen atoms in total. The Balaban J connectivity index is 1.23. The number of carbonyl (C=O) groups excluding carboxylic acids is 1. The normalized spacial score (nSPS) is 14.6. The highest BCUT2D eigenvalue weighted by Crippen LogP contribution is 2.20. The number of benzene rings is 2. The van der Waals surface area contributed by atoms with E-state index in [9.17, 15) is 14.4 Å². The van der Waals surface area contributed by atoms with Crippen LogP contribution < -0.4 is 11.3 Å². The Labute approximate surface area is 189 Å². The highest BCUT2D eigenvalue weighted by atomic mass is 16.4. The molecule has 1 saturated heterocycles. The van der Waals surface area contributed by atoms with E-state index >= 15 is 0 Å². The van der Waals surface area contributed by atoms with Gasteiger partial charge in [0.15, 0.2) is 5.58 Å². The van der Waals surface area contributed by atoms with Crippen LogP contribution in [0.5, 0.6) is 0 Å². The van der Waals surface area contributed by atoms with E-state index in [-0.39, 0.29) is 23.9 Å². The van der Waals surface area contributed by atoms with Crippen molar-refractivity contribution in [2.24, 2.45) is 5.92 Å². The second-order valence-corrected chi connectivity index (χ2v) is 8.35. The van der Waals surface area contributed by atoms with E-state index < -0.39 is 5.76 Å². The van der Waals surface area contributed by atoms with E-state index in [4.69, 9.17) is 4.42 Å². The number of nitrogens with zero attached hydrogens (tertiary/aromatic N) is 4. The van der Waals surface area contributed by atoms with Crippen molar-refractivity contribution < 1.29 is 9.21 Å².